The first kappa shape index (κ1) is 11.0. The minimum absolute atomic E-state index is 1.27. The fourth-order valence-electron chi connectivity index (χ4n) is 3.69. The average molecular weight is 264 g/mol. The van der Waals surface area contributed by atoms with Crippen molar-refractivity contribution in [1.82, 2.24) is 0 Å². The van der Waals surface area contributed by atoms with Gasteiger partial charge in [-0.1, -0.05) is 0 Å². The van der Waals surface area contributed by atoms with Crippen LogP contribution in [0.25, 0.3) is 0 Å². The first-order chi connectivity index (χ1) is 7.45. The Kier molecular flexibility index (Phi) is 2.21. The van der Waals surface area contributed by atoms with Crippen LogP contribution in [0.2, 0.25) is 23.6 Å². The second-order valence-corrected chi connectivity index (χ2v) is 17.5. The predicted molar refractivity (Wildman–Crippen MR) is 70.8 cm³/mol. The molecule has 0 fully saturated rings. The van der Waals surface area contributed by atoms with E-state index in [1.807, 2.05) is 7.76 Å². The van der Waals surface area contributed by atoms with E-state index in [0.29, 0.717) is 0 Å². The van der Waals surface area contributed by atoms with Crippen LogP contribution in [0.4, 0.5) is 0 Å². The van der Waals surface area contributed by atoms with Gasteiger partial charge in [0.05, 0.1) is 0 Å². The van der Waals surface area contributed by atoms with Crippen molar-refractivity contribution in [3.05, 3.63) is 42.5 Å². The molecule has 3 rings (SSSR count). The third-order valence-corrected chi connectivity index (χ3v) is 15.3. The van der Waals surface area contributed by atoms with E-state index in [1.54, 1.807) is 10.4 Å². The zero-order chi connectivity index (χ0) is 11.6. The van der Waals surface area contributed by atoms with Crippen molar-refractivity contribution in [3.63, 3.8) is 0 Å². The number of allylic oxidation sites excluding steroid dienone is 8. The van der Waals surface area contributed by atoms with Crippen molar-refractivity contribution >= 4 is 8.07 Å². The van der Waals surface area contributed by atoms with E-state index >= 15 is 0 Å². The van der Waals surface area contributed by atoms with E-state index in [2.05, 4.69) is 47.9 Å². The number of hydrogen-bond acceptors (Lipinski definition) is 0. The Balaban J connectivity index is 2.26. The van der Waals surface area contributed by atoms with Crippen LogP contribution in [-0.2, 0) is 16.6 Å². The summed E-state index contributed by atoms with van der Waals surface area (Å²) in [6.45, 7) is 5.08. The van der Waals surface area contributed by atoms with Gasteiger partial charge in [0.25, 0.3) is 0 Å². The quantitative estimate of drug-likeness (QED) is 0.566. The van der Waals surface area contributed by atoms with Crippen LogP contribution in [-0.4, -0.2) is 8.07 Å². The fourth-order valence-corrected chi connectivity index (χ4v) is 17.2. The molecule has 0 radical (unpaired) electrons. The van der Waals surface area contributed by atoms with Gasteiger partial charge in [0.1, 0.15) is 0 Å². The molecule has 2 heteroatoms. The normalized spacial score (nSPS) is 28.8. The van der Waals surface area contributed by atoms with E-state index in [4.69, 9.17) is 0 Å². The SMILES string of the molecule is C[Si]1(C)C2=[C](CC=C2)[Ti]([CH3])([CH3])[C]2=C1C=CC2. The molecule has 0 saturated carbocycles. The topological polar surface area (TPSA) is 0 Å². The summed E-state index contributed by atoms with van der Waals surface area (Å²) in [7, 11) is -1.31. The van der Waals surface area contributed by atoms with Gasteiger partial charge in [-0.05, 0) is 0 Å². The predicted octanol–water partition coefficient (Wildman–Crippen LogP) is 4.46. The Morgan fingerprint density at radius 2 is 1.38 bits per heavy atom. The van der Waals surface area contributed by atoms with Crippen LogP contribution in [0.15, 0.2) is 42.5 Å². The molecule has 16 heavy (non-hydrogen) atoms. The monoisotopic (exact) mass is 264 g/mol. The van der Waals surface area contributed by atoms with Crippen molar-refractivity contribution in [3.8, 4) is 0 Å². The molecule has 1 aliphatic heterocycles. The first-order valence-electron chi connectivity index (χ1n) is 6.27. The van der Waals surface area contributed by atoms with Crippen LogP contribution in [0, 0.1) is 0 Å². The van der Waals surface area contributed by atoms with Crippen molar-refractivity contribution in [1.29, 1.82) is 0 Å². The second-order valence-electron chi connectivity index (χ2n) is 6.25. The molecule has 0 bridgehead atoms. The van der Waals surface area contributed by atoms with Gasteiger partial charge in [-0.25, -0.2) is 0 Å². The van der Waals surface area contributed by atoms with Gasteiger partial charge in [-0.3, -0.25) is 0 Å². The summed E-state index contributed by atoms with van der Waals surface area (Å²) >= 11 is -1.82. The third-order valence-electron chi connectivity index (χ3n) is 4.72. The van der Waals surface area contributed by atoms with Gasteiger partial charge in [0, 0.05) is 0 Å². The number of hydrogen-bond donors (Lipinski definition) is 0. The molecule has 0 aromatic rings. The van der Waals surface area contributed by atoms with Crippen molar-refractivity contribution < 1.29 is 16.6 Å². The maximum atomic E-state index is 2.61. The summed E-state index contributed by atoms with van der Waals surface area (Å²) in [5, 5.41) is 8.80. The summed E-state index contributed by atoms with van der Waals surface area (Å²) < 4.78 is 3.80. The molecule has 84 valence electrons. The molecule has 0 saturated heterocycles. The van der Waals surface area contributed by atoms with Crippen molar-refractivity contribution in [2.75, 3.05) is 0 Å². The Bertz CT molecular complexity index is 445. The molecular formula is C14H20SiTi. The molecular weight excluding hydrogens is 244 g/mol. The third kappa shape index (κ3) is 1.20. The van der Waals surface area contributed by atoms with Gasteiger partial charge in [0.2, 0.25) is 0 Å². The van der Waals surface area contributed by atoms with E-state index in [1.165, 1.54) is 12.8 Å². The molecule has 0 N–H and O–H groups in total. The molecule has 1 heterocycles. The molecule has 0 amide bonds. The Morgan fingerprint density at radius 3 is 1.81 bits per heavy atom. The number of rotatable bonds is 0. The van der Waals surface area contributed by atoms with Crippen molar-refractivity contribution in [2.24, 2.45) is 0 Å². The van der Waals surface area contributed by atoms with Crippen LogP contribution < -0.4 is 0 Å². The molecule has 0 spiro atoms. The zero-order valence-corrected chi connectivity index (χ0v) is 13.3. The molecule has 0 nitrogen and oxygen atoms in total. The summed E-state index contributed by atoms with van der Waals surface area (Å²) in [6.07, 6.45) is 12.3. The average Bonchev–Trinajstić information content (AvgIpc) is 2.86. The molecule has 2 aliphatic carbocycles. The van der Waals surface area contributed by atoms with E-state index in [0.717, 1.165) is 0 Å². The zero-order valence-electron chi connectivity index (χ0n) is 10.7. The maximum absolute atomic E-state index is 2.61. The van der Waals surface area contributed by atoms with E-state index in [-0.39, 0.29) is 0 Å². The Morgan fingerprint density at radius 1 is 0.938 bits per heavy atom. The van der Waals surface area contributed by atoms with E-state index < -0.39 is 24.7 Å². The van der Waals surface area contributed by atoms with Crippen LogP contribution in [0.5, 0.6) is 0 Å². The van der Waals surface area contributed by atoms with Crippen LogP contribution in [0.1, 0.15) is 12.8 Å². The van der Waals surface area contributed by atoms with E-state index in [9.17, 15) is 0 Å². The van der Waals surface area contributed by atoms with Gasteiger partial charge >= 0.3 is 104 Å². The summed E-state index contributed by atoms with van der Waals surface area (Å²) in [4.78, 5) is 0. The Labute approximate surface area is 103 Å². The molecule has 0 atom stereocenters. The fraction of sp³-hybridized carbons (Fsp3) is 0.429. The minimum atomic E-state index is -1.82. The van der Waals surface area contributed by atoms with Gasteiger partial charge < -0.3 is 0 Å². The van der Waals surface area contributed by atoms with Gasteiger partial charge in [0.15, 0.2) is 0 Å². The van der Waals surface area contributed by atoms with Crippen LogP contribution >= 0.6 is 0 Å². The van der Waals surface area contributed by atoms with Crippen LogP contribution in [0.3, 0.4) is 0 Å². The Hall–Kier alpha value is -0.109. The summed E-state index contributed by atoms with van der Waals surface area (Å²) in [5.74, 6) is 0. The second kappa shape index (κ2) is 3.22. The van der Waals surface area contributed by atoms with Gasteiger partial charge in [-0.15, -0.1) is 0 Å². The summed E-state index contributed by atoms with van der Waals surface area (Å²) in [6, 6.07) is 0. The first-order valence-corrected chi connectivity index (χ1v) is 14.0. The molecule has 0 aromatic carbocycles. The standard InChI is InChI=1S/C12H14Si.2CH3.Ti/c1-13(2,11-7-3-4-8-11)12-9-5-6-10-12;;;/h3,5,7,9H,4,6H2,1-2H3;2*1H3;. The summed E-state index contributed by atoms with van der Waals surface area (Å²) in [5.41, 5.74) is 0. The molecule has 0 unspecified atom stereocenters. The van der Waals surface area contributed by atoms with Crippen molar-refractivity contribution in [2.45, 2.75) is 36.4 Å². The molecule has 3 aliphatic rings. The van der Waals surface area contributed by atoms with Gasteiger partial charge in [-0.2, -0.15) is 0 Å². The molecule has 0 aromatic heterocycles.